The van der Waals surface area contributed by atoms with Gasteiger partial charge in [0.1, 0.15) is 0 Å². The number of ether oxygens (including phenoxy) is 2. The first kappa shape index (κ1) is 15.9. The van der Waals surface area contributed by atoms with Gasteiger partial charge in [0.25, 0.3) is 0 Å². The van der Waals surface area contributed by atoms with Crippen LogP contribution >= 0.6 is 0 Å². The van der Waals surface area contributed by atoms with Crippen molar-refractivity contribution in [3.8, 4) is 0 Å². The summed E-state index contributed by atoms with van der Waals surface area (Å²) in [7, 11) is 0. The minimum Gasteiger partial charge on any atom is -0.466 e. The molecule has 17 heavy (non-hydrogen) atoms. The molecule has 0 aromatic rings. The van der Waals surface area contributed by atoms with E-state index in [-0.39, 0.29) is 18.4 Å². The molecule has 0 spiro atoms. The van der Waals surface area contributed by atoms with Crippen molar-refractivity contribution in [2.45, 2.75) is 33.6 Å². The van der Waals surface area contributed by atoms with Crippen LogP contribution in [0.3, 0.4) is 0 Å². The lowest BCUT2D eigenvalue weighted by molar-refractivity contribution is -0.154. The Balaban J connectivity index is 4.18. The molecule has 1 atom stereocenters. The standard InChI is InChI=1S/C12H23NO4/c1-4-13-8-7-10(12(15)17-6-3)9-11(14)16-5-2/h10,13H,4-9H2,1-3H3/t10-/m0/s1. The van der Waals surface area contributed by atoms with Gasteiger partial charge in [-0.1, -0.05) is 6.92 Å². The lowest BCUT2D eigenvalue weighted by Crippen LogP contribution is -2.26. The Morgan fingerprint density at radius 2 is 1.76 bits per heavy atom. The van der Waals surface area contributed by atoms with Gasteiger partial charge in [-0.05, 0) is 33.4 Å². The number of carbonyl (C=O) groups excluding carboxylic acids is 2. The van der Waals surface area contributed by atoms with E-state index >= 15 is 0 Å². The quantitative estimate of drug-likeness (QED) is 0.487. The zero-order valence-electron chi connectivity index (χ0n) is 11.0. The number of hydrogen-bond acceptors (Lipinski definition) is 5. The van der Waals surface area contributed by atoms with Gasteiger partial charge in [0.2, 0.25) is 0 Å². The van der Waals surface area contributed by atoms with Crippen LogP contribution in [0.1, 0.15) is 33.6 Å². The summed E-state index contributed by atoms with van der Waals surface area (Å²) in [5.41, 5.74) is 0. The van der Waals surface area contributed by atoms with Gasteiger partial charge in [-0.2, -0.15) is 0 Å². The summed E-state index contributed by atoms with van der Waals surface area (Å²) in [6, 6.07) is 0. The second kappa shape index (κ2) is 10.1. The van der Waals surface area contributed by atoms with Crippen LogP contribution in [-0.2, 0) is 19.1 Å². The van der Waals surface area contributed by atoms with Crippen molar-refractivity contribution in [1.82, 2.24) is 5.32 Å². The molecule has 0 aromatic heterocycles. The van der Waals surface area contributed by atoms with E-state index in [0.717, 1.165) is 6.54 Å². The molecule has 0 aliphatic rings. The number of esters is 2. The highest BCUT2D eigenvalue weighted by Gasteiger charge is 2.23. The number of nitrogens with one attached hydrogen (secondary N) is 1. The Kier molecular flexibility index (Phi) is 9.43. The van der Waals surface area contributed by atoms with Gasteiger partial charge in [0.05, 0.1) is 25.6 Å². The second-order valence-corrected chi connectivity index (χ2v) is 3.60. The highest BCUT2D eigenvalue weighted by molar-refractivity contribution is 5.79. The first-order valence-corrected chi connectivity index (χ1v) is 6.18. The summed E-state index contributed by atoms with van der Waals surface area (Å²) < 4.78 is 9.78. The average Bonchev–Trinajstić information content (AvgIpc) is 2.28. The van der Waals surface area contributed by atoms with E-state index in [0.29, 0.717) is 26.2 Å². The molecule has 1 N–H and O–H groups in total. The van der Waals surface area contributed by atoms with Crippen LogP contribution < -0.4 is 5.32 Å². The lowest BCUT2D eigenvalue weighted by Gasteiger charge is -2.14. The summed E-state index contributed by atoms with van der Waals surface area (Å²) in [5, 5.41) is 3.12. The van der Waals surface area contributed by atoms with E-state index in [1.807, 2.05) is 6.92 Å². The maximum absolute atomic E-state index is 11.6. The van der Waals surface area contributed by atoms with Crippen molar-refractivity contribution in [1.29, 1.82) is 0 Å². The van der Waals surface area contributed by atoms with E-state index in [9.17, 15) is 9.59 Å². The third-order valence-corrected chi connectivity index (χ3v) is 2.26. The second-order valence-electron chi connectivity index (χ2n) is 3.60. The molecule has 100 valence electrons. The van der Waals surface area contributed by atoms with Gasteiger partial charge in [-0.15, -0.1) is 0 Å². The first-order valence-electron chi connectivity index (χ1n) is 6.18. The van der Waals surface area contributed by atoms with Crippen LogP contribution in [0.15, 0.2) is 0 Å². The number of carbonyl (C=O) groups is 2. The van der Waals surface area contributed by atoms with Crippen molar-refractivity contribution in [3.05, 3.63) is 0 Å². The van der Waals surface area contributed by atoms with E-state index < -0.39 is 5.92 Å². The molecule has 0 unspecified atom stereocenters. The Bertz CT molecular complexity index is 231. The molecule has 0 aliphatic carbocycles. The molecule has 0 saturated carbocycles. The van der Waals surface area contributed by atoms with Crippen molar-refractivity contribution in [2.24, 2.45) is 5.92 Å². The smallest absolute Gasteiger partial charge is 0.309 e. The molecule has 0 radical (unpaired) electrons. The molecule has 0 heterocycles. The summed E-state index contributed by atoms with van der Waals surface area (Å²) in [5.74, 6) is -1.08. The minimum atomic E-state index is -0.409. The summed E-state index contributed by atoms with van der Waals surface area (Å²) in [4.78, 5) is 23.0. The predicted molar refractivity (Wildman–Crippen MR) is 64.5 cm³/mol. The minimum absolute atomic E-state index is 0.0953. The largest absolute Gasteiger partial charge is 0.466 e. The van der Waals surface area contributed by atoms with Crippen LogP contribution in [0.5, 0.6) is 0 Å². The van der Waals surface area contributed by atoms with Gasteiger partial charge < -0.3 is 14.8 Å². The van der Waals surface area contributed by atoms with Crippen LogP contribution in [-0.4, -0.2) is 38.2 Å². The third-order valence-electron chi connectivity index (χ3n) is 2.26. The van der Waals surface area contributed by atoms with E-state index in [1.165, 1.54) is 0 Å². The average molecular weight is 245 g/mol. The van der Waals surface area contributed by atoms with Crippen molar-refractivity contribution < 1.29 is 19.1 Å². The SMILES string of the molecule is CCNCC[C@@H](CC(=O)OCC)C(=O)OCC. The van der Waals surface area contributed by atoms with E-state index in [1.54, 1.807) is 13.8 Å². The normalized spacial score (nSPS) is 11.9. The van der Waals surface area contributed by atoms with Gasteiger partial charge in [0, 0.05) is 0 Å². The molecule has 0 amide bonds. The van der Waals surface area contributed by atoms with Crippen LogP contribution in [0.4, 0.5) is 0 Å². The van der Waals surface area contributed by atoms with Gasteiger partial charge >= 0.3 is 11.9 Å². The Morgan fingerprint density at radius 1 is 1.12 bits per heavy atom. The maximum Gasteiger partial charge on any atom is 0.309 e. The fourth-order valence-corrected chi connectivity index (χ4v) is 1.44. The molecule has 0 bridgehead atoms. The van der Waals surface area contributed by atoms with E-state index in [4.69, 9.17) is 9.47 Å². The molecule has 0 fully saturated rings. The lowest BCUT2D eigenvalue weighted by atomic mass is 10.0. The van der Waals surface area contributed by atoms with Crippen molar-refractivity contribution in [2.75, 3.05) is 26.3 Å². The maximum atomic E-state index is 11.6. The zero-order valence-corrected chi connectivity index (χ0v) is 11.0. The van der Waals surface area contributed by atoms with E-state index in [2.05, 4.69) is 5.32 Å². The summed E-state index contributed by atoms with van der Waals surface area (Å²) in [6.07, 6.45) is 0.684. The molecule has 5 heteroatoms. The highest BCUT2D eigenvalue weighted by Crippen LogP contribution is 2.11. The molecule has 0 saturated heterocycles. The summed E-state index contributed by atoms with van der Waals surface area (Å²) in [6.45, 7) is 7.69. The van der Waals surface area contributed by atoms with Crippen LogP contribution in [0, 0.1) is 5.92 Å². The highest BCUT2D eigenvalue weighted by atomic mass is 16.5. The number of hydrogen-bond donors (Lipinski definition) is 1. The van der Waals surface area contributed by atoms with Gasteiger partial charge in [-0.25, -0.2) is 0 Å². The van der Waals surface area contributed by atoms with Gasteiger partial charge in [-0.3, -0.25) is 9.59 Å². The fraction of sp³-hybridized carbons (Fsp3) is 0.833. The molecule has 0 aliphatic heterocycles. The first-order chi connectivity index (χ1) is 8.15. The molecular weight excluding hydrogens is 222 g/mol. The monoisotopic (exact) mass is 245 g/mol. The molecular formula is C12H23NO4. The van der Waals surface area contributed by atoms with Crippen molar-refractivity contribution in [3.63, 3.8) is 0 Å². The van der Waals surface area contributed by atoms with Gasteiger partial charge in [0.15, 0.2) is 0 Å². The molecule has 0 aromatic carbocycles. The topological polar surface area (TPSA) is 64.6 Å². The fourth-order valence-electron chi connectivity index (χ4n) is 1.44. The molecule has 5 nitrogen and oxygen atoms in total. The van der Waals surface area contributed by atoms with Crippen molar-refractivity contribution >= 4 is 11.9 Å². The number of rotatable bonds is 9. The van der Waals surface area contributed by atoms with Crippen LogP contribution in [0.2, 0.25) is 0 Å². The molecule has 0 rings (SSSR count). The van der Waals surface area contributed by atoms with Crippen LogP contribution in [0.25, 0.3) is 0 Å². The Morgan fingerprint density at radius 3 is 2.29 bits per heavy atom. The Hall–Kier alpha value is -1.10. The third kappa shape index (κ3) is 7.74. The summed E-state index contributed by atoms with van der Waals surface area (Å²) >= 11 is 0. The zero-order chi connectivity index (χ0) is 13.1. The Labute approximate surface area is 103 Å². The predicted octanol–water partition coefficient (Wildman–Crippen LogP) is 1.12.